The summed E-state index contributed by atoms with van der Waals surface area (Å²) >= 11 is 3.17. The molecular weight excluding hydrogens is 252 g/mol. The molecule has 1 aliphatic heterocycles. The Kier molecular flexibility index (Phi) is 4.64. The molecule has 1 aliphatic rings. The normalized spacial score (nSPS) is 20.5. The molecule has 2 heterocycles. The van der Waals surface area contributed by atoms with Gasteiger partial charge in [0.05, 0.1) is 11.7 Å². The summed E-state index contributed by atoms with van der Waals surface area (Å²) < 4.78 is 8.87. The molecule has 0 bridgehead atoms. The molecule has 1 aromatic heterocycles. The topological polar surface area (TPSA) is 32.3 Å². The van der Waals surface area contributed by atoms with Crippen LogP contribution in [0.2, 0.25) is 0 Å². The molecule has 0 saturated carbocycles. The molecule has 17 heavy (non-hydrogen) atoms. The lowest BCUT2D eigenvalue weighted by atomic mass is 10.2. The maximum absolute atomic E-state index is 4.46. The van der Waals surface area contributed by atoms with Gasteiger partial charge in [-0.15, -0.1) is 11.8 Å². The molecule has 96 valence electrons. The van der Waals surface area contributed by atoms with Gasteiger partial charge in [0.1, 0.15) is 0 Å². The number of likely N-dealkylation sites (N-methyl/N-ethyl adjacent to an activating group) is 1. The predicted octanol–water partition coefficient (Wildman–Crippen LogP) is 2.18. The lowest BCUT2D eigenvalue weighted by Gasteiger charge is -2.20. The Bertz CT molecular complexity index is 353. The highest BCUT2D eigenvalue weighted by atomic mass is 32.2. The third-order valence-corrected chi connectivity index (χ3v) is 4.87. The minimum Gasteiger partial charge on any atom is -0.352 e. The summed E-state index contributed by atoms with van der Waals surface area (Å²) in [6, 6.07) is 0.653. The molecule has 1 saturated heterocycles. The van der Waals surface area contributed by atoms with Crippen LogP contribution in [0, 0.1) is 0 Å². The molecule has 1 aromatic rings. The molecular formula is C11H20N4S2. The van der Waals surface area contributed by atoms with E-state index in [0.29, 0.717) is 6.04 Å². The minimum atomic E-state index is 0.653. The largest absolute Gasteiger partial charge is 0.352 e. The van der Waals surface area contributed by atoms with E-state index in [-0.39, 0.29) is 0 Å². The number of anilines is 1. The first-order valence-electron chi connectivity index (χ1n) is 6.09. The first-order chi connectivity index (χ1) is 8.22. The van der Waals surface area contributed by atoms with E-state index in [0.717, 1.165) is 29.7 Å². The fourth-order valence-electron chi connectivity index (χ4n) is 2.01. The van der Waals surface area contributed by atoms with Crippen LogP contribution >= 0.6 is 23.5 Å². The highest BCUT2D eigenvalue weighted by Gasteiger charge is 2.27. The molecule has 0 aromatic carbocycles. The molecule has 0 radical (unpaired) electrons. The number of nitrogens with zero attached hydrogens (tertiary/aromatic N) is 4. The van der Waals surface area contributed by atoms with Gasteiger partial charge in [-0.25, -0.2) is 0 Å². The number of hydrogen-bond donors (Lipinski definition) is 0. The number of rotatable bonds is 5. The van der Waals surface area contributed by atoms with E-state index in [1.807, 2.05) is 11.8 Å². The van der Waals surface area contributed by atoms with Crippen molar-refractivity contribution in [1.82, 2.24) is 13.6 Å². The number of thioether (sulfide) groups is 1. The van der Waals surface area contributed by atoms with Gasteiger partial charge in [0.2, 0.25) is 0 Å². The van der Waals surface area contributed by atoms with Crippen molar-refractivity contribution in [3.05, 3.63) is 0 Å². The van der Waals surface area contributed by atoms with E-state index in [1.165, 1.54) is 24.6 Å². The zero-order valence-corrected chi connectivity index (χ0v) is 12.4. The highest BCUT2D eigenvalue weighted by molar-refractivity contribution is 7.99. The molecule has 0 spiro atoms. The van der Waals surface area contributed by atoms with Crippen molar-refractivity contribution in [1.29, 1.82) is 0 Å². The summed E-state index contributed by atoms with van der Waals surface area (Å²) in [7, 11) is 4.31. The number of aromatic nitrogens is 2. The first kappa shape index (κ1) is 13.1. The molecule has 1 fully saturated rings. The summed E-state index contributed by atoms with van der Waals surface area (Å²) in [5, 5.41) is 1.12. The fraction of sp³-hybridized carbons (Fsp3) is 0.818. The average molecular weight is 272 g/mol. The van der Waals surface area contributed by atoms with Crippen LogP contribution in [0.3, 0.4) is 0 Å². The Morgan fingerprint density at radius 1 is 1.47 bits per heavy atom. The van der Waals surface area contributed by atoms with E-state index >= 15 is 0 Å². The molecule has 0 amide bonds. The van der Waals surface area contributed by atoms with Crippen LogP contribution in [0.15, 0.2) is 5.03 Å². The molecule has 0 unspecified atom stereocenters. The van der Waals surface area contributed by atoms with Crippen LogP contribution in [0.25, 0.3) is 0 Å². The Morgan fingerprint density at radius 3 is 2.94 bits per heavy atom. The first-order valence-corrected chi connectivity index (χ1v) is 7.80. The lowest BCUT2D eigenvalue weighted by Crippen LogP contribution is -2.31. The third-order valence-electron chi connectivity index (χ3n) is 3.08. The second kappa shape index (κ2) is 6.02. The second-order valence-corrected chi connectivity index (χ2v) is 6.21. The Morgan fingerprint density at radius 2 is 2.29 bits per heavy atom. The maximum Gasteiger partial charge on any atom is 0.176 e. The highest BCUT2D eigenvalue weighted by Crippen LogP contribution is 2.31. The molecule has 6 heteroatoms. The predicted molar refractivity (Wildman–Crippen MR) is 75.2 cm³/mol. The van der Waals surface area contributed by atoms with Crippen molar-refractivity contribution in [3.63, 3.8) is 0 Å². The van der Waals surface area contributed by atoms with Crippen LogP contribution in [-0.2, 0) is 0 Å². The molecule has 2 rings (SSSR count). The molecule has 4 nitrogen and oxygen atoms in total. The van der Waals surface area contributed by atoms with Crippen LogP contribution in [0.4, 0.5) is 5.82 Å². The van der Waals surface area contributed by atoms with Gasteiger partial charge >= 0.3 is 0 Å². The summed E-state index contributed by atoms with van der Waals surface area (Å²) in [6.45, 7) is 4.39. The Labute approximate surface area is 112 Å². The molecule has 0 aliphatic carbocycles. The monoisotopic (exact) mass is 272 g/mol. The second-order valence-electron chi connectivity index (χ2n) is 4.59. The zero-order valence-electron chi connectivity index (χ0n) is 10.7. The van der Waals surface area contributed by atoms with E-state index in [2.05, 4.69) is 39.6 Å². The smallest absolute Gasteiger partial charge is 0.176 e. The van der Waals surface area contributed by atoms with Gasteiger partial charge in [0, 0.05) is 19.1 Å². The summed E-state index contributed by atoms with van der Waals surface area (Å²) in [5.74, 6) is 2.24. The summed E-state index contributed by atoms with van der Waals surface area (Å²) in [4.78, 5) is 4.69. The minimum absolute atomic E-state index is 0.653. The maximum atomic E-state index is 4.46. The van der Waals surface area contributed by atoms with Crippen LogP contribution < -0.4 is 4.90 Å². The van der Waals surface area contributed by atoms with Crippen molar-refractivity contribution in [2.45, 2.75) is 30.8 Å². The van der Waals surface area contributed by atoms with E-state index < -0.39 is 0 Å². The van der Waals surface area contributed by atoms with E-state index in [4.69, 9.17) is 0 Å². The van der Waals surface area contributed by atoms with Crippen molar-refractivity contribution in [2.24, 2.45) is 0 Å². The van der Waals surface area contributed by atoms with Crippen molar-refractivity contribution >= 4 is 29.3 Å². The zero-order chi connectivity index (χ0) is 12.3. The van der Waals surface area contributed by atoms with Gasteiger partial charge in [0.25, 0.3) is 0 Å². The number of hydrogen-bond acceptors (Lipinski definition) is 6. The third kappa shape index (κ3) is 3.11. The van der Waals surface area contributed by atoms with E-state index in [9.17, 15) is 0 Å². The van der Waals surface area contributed by atoms with Gasteiger partial charge in [-0.05, 0) is 32.7 Å². The van der Waals surface area contributed by atoms with Crippen LogP contribution in [0.5, 0.6) is 0 Å². The Balaban J connectivity index is 2.00. The standard InChI is InChI=1S/C11H20N4S2/c1-4-7-16-11-10(12-17-13-11)15-6-5-9(8-15)14(2)3/h9H,4-8H2,1-3H3/t9-/m1/s1. The average Bonchev–Trinajstić information content (AvgIpc) is 2.94. The van der Waals surface area contributed by atoms with Gasteiger partial charge < -0.3 is 9.80 Å². The van der Waals surface area contributed by atoms with Crippen LogP contribution in [0.1, 0.15) is 19.8 Å². The SMILES string of the molecule is CCCSc1nsnc1N1CC[C@@H](N(C)C)C1. The summed E-state index contributed by atoms with van der Waals surface area (Å²) in [5.41, 5.74) is 0. The van der Waals surface area contributed by atoms with Gasteiger partial charge in [-0.1, -0.05) is 6.92 Å². The van der Waals surface area contributed by atoms with Gasteiger partial charge in [-0.2, -0.15) is 8.75 Å². The quantitative estimate of drug-likeness (QED) is 0.767. The summed E-state index contributed by atoms with van der Waals surface area (Å²) in [6.07, 6.45) is 2.41. The van der Waals surface area contributed by atoms with Crippen molar-refractivity contribution < 1.29 is 0 Å². The van der Waals surface area contributed by atoms with Crippen molar-refractivity contribution in [2.75, 3.05) is 37.8 Å². The lowest BCUT2D eigenvalue weighted by molar-refractivity contribution is 0.315. The fourth-order valence-corrected chi connectivity index (χ4v) is 3.56. The van der Waals surface area contributed by atoms with Gasteiger partial charge in [0.15, 0.2) is 10.8 Å². The van der Waals surface area contributed by atoms with E-state index in [1.54, 1.807) is 0 Å². The Hall–Kier alpha value is -0.330. The van der Waals surface area contributed by atoms with Crippen molar-refractivity contribution in [3.8, 4) is 0 Å². The van der Waals surface area contributed by atoms with Crippen LogP contribution in [-0.4, -0.2) is 52.6 Å². The molecule has 0 N–H and O–H groups in total. The van der Waals surface area contributed by atoms with Gasteiger partial charge in [-0.3, -0.25) is 0 Å². The molecule has 1 atom stereocenters.